The van der Waals surface area contributed by atoms with E-state index in [4.69, 9.17) is 14.2 Å². The zero-order valence-electron chi connectivity index (χ0n) is 44.6. The summed E-state index contributed by atoms with van der Waals surface area (Å²) >= 11 is 0. The fraction of sp³-hybridized carbons (Fsp3) is 0.700. The molecule has 8 atom stereocenters. The number of allylic oxidation sites excluding steroid dienone is 15. The minimum atomic E-state index is -1.63. The van der Waals surface area contributed by atoms with E-state index in [0.29, 0.717) is 12.8 Å². The molecule has 71 heavy (non-hydrogen) atoms. The van der Waals surface area contributed by atoms with E-state index in [1.54, 1.807) is 6.08 Å². The number of unbranched alkanes of at least 4 members (excludes halogenated alkanes) is 21. The van der Waals surface area contributed by atoms with E-state index in [0.717, 1.165) is 70.6 Å². The van der Waals surface area contributed by atoms with Gasteiger partial charge in [0.05, 0.1) is 25.4 Å². The van der Waals surface area contributed by atoms with Crippen molar-refractivity contribution >= 4 is 11.9 Å². The predicted octanol–water partition coefficient (Wildman–Crippen LogP) is 12.4. The Hall–Kier alpha value is -3.42. The van der Waals surface area contributed by atoms with Crippen LogP contribution in [-0.2, 0) is 23.8 Å². The molecule has 0 bridgehead atoms. The molecule has 1 amide bonds. The molecule has 11 heteroatoms. The van der Waals surface area contributed by atoms with Crippen molar-refractivity contribution in [3.8, 4) is 0 Å². The molecule has 0 saturated carbocycles. The number of nitrogens with one attached hydrogen (secondary N) is 1. The normalized spacial score (nSPS) is 20.4. The molecule has 0 aliphatic carbocycles. The molecule has 11 nitrogen and oxygen atoms in total. The van der Waals surface area contributed by atoms with E-state index in [1.807, 2.05) is 60.8 Å². The van der Waals surface area contributed by atoms with Crippen molar-refractivity contribution in [3.63, 3.8) is 0 Å². The van der Waals surface area contributed by atoms with Gasteiger partial charge in [0, 0.05) is 6.42 Å². The average molecular weight is 996 g/mol. The number of hydrogen-bond donors (Lipinski definition) is 6. The van der Waals surface area contributed by atoms with Gasteiger partial charge in [-0.2, -0.15) is 0 Å². The second kappa shape index (κ2) is 47.6. The number of ether oxygens (including phenoxy) is 3. The number of carbonyl (C=O) groups excluding carboxylic acids is 2. The van der Waals surface area contributed by atoms with Gasteiger partial charge < -0.3 is 45.1 Å². The molecule has 1 aliphatic heterocycles. The molecule has 1 heterocycles. The zero-order valence-corrected chi connectivity index (χ0v) is 44.6. The van der Waals surface area contributed by atoms with Crippen molar-refractivity contribution in [3.05, 3.63) is 97.2 Å². The van der Waals surface area contributed by atoms with Gasteiger partial charge in [-0.25, -0.2) is 0 Å². The van der Waals surface area contributed by atoms with Gasteiger partial charge in [0.25, 0.3) is 0 Å². The summed E-state index contributed by atoms with van der Waals surface area (Å²) in [4.78, 5) is 26.4. The van der Waals surface area contributed by atoms with Crippen LogP contribution in [0.5, 0.6) is 0 Å². The monoisotopic (exact) mass is 996 g/mol. The van der Waals surface area contributed by atoms with Crippen LogP contribution >= 0.6 is 0 Å². The minimum absolute atomic E-state index is 0.105. The standard InChI is InChI=1S/C60H101NO10/c1-4-7-10-13-16-19-22-24-25-26-27-28-29-30-33-36-39-42-45-48-55(65)71-58-57(67)56(66)54(49-62)70-60(58)69-50-51(52(63)46-43-40-37-34-31-21-18-15-12-9-6-3)61-59(68)53(64)47-44-41-38-35-32-23-20-17-14-11-8-5-2/h8,11,14,16-17,19-20,23-25,32,35,38,41,43,46,51-54,56-58,60,62-64,66-67H,4-7,9-10,12-13,15,18,21-22,26-31,33-34,36-37,39-40,42,44-45,47-50H2,1-3H3,(H,61,68)/b11-8+,17-14+,19-16-,23-20-,25-24-,35-32-,41-38+,46-43+. The van der Waals surface area contributed by atoms with Crippen molar-refractivity contribution < 1.29 is 49.3 Å². The number of aliphatic hydroxyl groups is 5. The van der Waals surface area contributed by atoms with Gasteiger partial charge in [-0.15, -0.1) is 0 Å². The summed E-state index contributed by atoms with van der Waals surface area (Å²) in [7, 11) is 0. The number of hydrogen-bond acceptors (Lipinski definition) is 10. The first-order chi connectivity index (χ1) is 34.7. The molecule has 0 aromatic heterocycles. The Morgan fingerprint density at radius 1 is 0.577 bits per heavy atom. The Bertz CT molecular complexity index is 1520. The zero-order chi connectivity index (χ0) is 51.8. The summed E-state index contributed by atoms with van der Waals surface area (Å²) in [6.45, 7) is 5.53. The lowest BCUT2D eigenvalue weighted by Crippen LogP contribution is -2.61. The van der Waals surface area contributed by atoms with Crippen LogP contribution in [0.25, 0.3) is 0 Å². The van der Waals surface area contributed by atoms with Crippen LogP contribution in [0.4, 0.5) is 0 Å². The van der Waals surface area contributed by atoms with E-state index in [9.17, 15) is 35.1 Å². The van der Waals surface area contributed by atoms with E-state index < -0.39 is 67.4 Å². The maximum Gasteiger partial charge on any atom is 0.306 e. The molecule has 0 aromatic rings. The molecule has 8 unspecified atom stereocenters. The second-order valence-electron chi connectivity index (χ2n) is 19.1. The third kappa shape index (κ3) is 36.2. The maximum atomic E-state index is 13.3. The molecular formula is C60H101NO10. The molecule has 1 fully saturated rings. The van der Waals surface area contributed by atoms with Crippen LogP contribution in [-0.4, -0.2) is 99.6 Å². The highest BCUT2D eigenvalue weighted by Gasteiger charge is 2.47. The Labute approximate surface area is 431 Å². The van der Waals surface area contributed by atoms with Crippen molar-refractivity contribution in [1.29, 1.82) is 0 Å². The van der Waals surface area contributed by atoms with Crippen LogP contribution in [0.15, 0.2) is 97.2 Å². The van der Waals surface area contributed by atoms with E-state index in [-0.39, 0.29) is 19.4 Å². The van der Waals surface area contributed by atoms with E-state index in [1.165, 1.54) is 89.9 Å². The topological polar surface area (TPSA) is 175 Å². The molecule has 1 aliphatic rings. The van der Waals surface area contributed by atoms with Crippen LogP contribution in [0.2, 0.25) is 0 Å². The minimum Gasteiger partial charge on any atom is -0.454 e. The van der Waals surface area contributed by atoms with Gasteiger partial charge in [0.2, 0.25) is 5.91 Å². The summed E-state index contributed by atoms with van der Waals surface area (Å²) in [5.74, 6) is -1.29. The van der Waals surface area contributed by atoms with Crippen LogP contribution in [0, 0.1) is 0 Å². The van der Waals surface area contributed by atoms with Gasteiger partial charge in [0.1, 0.15) is 24.4 Å². The summed E-state index contributed by atoms with van der Waals surface area (Å²) in [6, 6.07) is -1.07. The second-order valence-corrected chi connectivity index (χ2v) is 19.1. The first-order valence-corrected chi connectivity index (χ1v) is 28.1. The summed E-state index contributed by atoms with van der Waals surface area (Å²) in [5.41, 5.74) is 0. The fourth-order valence-electron chi connectivity index (χ4n) is 8.12. The maximum absolute atomic E-state index is 13.3. The summed E-state index contributed by atoms with van der Waals surface area (Å²) in [6.07, 6.45) is 51.9. The largest absolute Gasteiger partial charge is 0.454 e. The van der Waals surface area contributed by atoms with Crippen molar-refractivity contribution in [2.24, 2.45) is 0 Å². The van der Waals surface area contributed by atoms with Crippen molar-refractivity contribution in [1.82, 2.24) is 5.32 Å². The molecule has 1 saturated heterocycles. The lowest BCUT2D eigenvalue weighted by Gasteiger charge is -2.41. The highest BCUT2D eigenvalue weighted by Crippen LogP contribution is 2.26. The van der Waals surface area contributed by atoms with Crippen LogP contribution in [0.3, 0.4) is 0 Å². The van der Waals surface area contributed by atoms with Crippen molar-refractivity contribution in [2.45, 2.75) is 256 Å². The van der Waals surface area contributed by atoms with E-state index >= 15 is 0 Å². The first kappa shape index (κ1) is 65.6. The Kier molecular flexibility index (Phi) is 44.0. The smallest absolute Gasteiger partial charge is 0.306 e. The third-order valence-corrected chi connectivity index (χ3v) is 12.6. The Balaban J connectivity index is 2.74. The first-order valence-electron chi connectivity index (χ1n) is 28.1. The molecule has 0 aromatic carbocycles. The third-order valence-electron chi connectivity index (χ3n) is 12.6. The predicted molar refractivity (Wildman–Crippen MR) is 292 cm³/mol. The summed E-state index contributed by atoms with van der Waals surface area (Å²) in [5, 5.41) is 56.6. The van der Waals surface area contributed by atoms with Gasteiger partial charge in [-0.1, -0.05) is 227 Å². The number of rotatable bonds is 45. The number of carbonyl (C=O) groups is 2. The lowest BCUT2D eigenvalue weighted by atomic mass is 9.99. The van der Waals surface area contributed by atoms with Gasteiger partial charge in [0.15, 0.2) is 12.4 Å². The average Bonchev–Trinajstić information content (AvgIpc) is 3.37. The Morgan fingerprint density at radius 2 is 1.07 bits per heavy atom. The number of esters is 1. The molecular weight excluding hydrogens is 895 g/mol. The molecule has 0 spiro atoms. The van der Waals surface area contributed by atoms with Crippen LogP contribution < -0.4 is 5.32 Å². The van der Waals surface area contributed by atoms with Gasteiger partial charge in [-0.05, 0) is 70.6 Å². The highest BCUT2D eigenvalue weighted by molar-refractivity contribution is 5.80. The SMILES string of the molecule is CC/C=C/C=C/C=C\C=C/C=C/CCC(O)C(=O)NC(COC1OC(CO)C(O)C(O)C1OC(=O)CCCCCCCCCCC/C=C\C/C=C\CCCCC)C(O)/C=C/CCCCCCCCCCC. The van der Waals surface area contributed by atoms with Gasteiger partial charge >= 0.3 is 5.97 Å². The summed E-state index contributed by atoms with van der Waals surface area (Å²) < 4.78 is 17.5. The lowest BCUT2D eigenvalue weighted by molar-refractivity contribution is -0.305. The molecule has 406 valence electrons. The number of aliphatic hydroxyl groups excluding tert-OH is 5. The fourth-order valence-corrected chi connectivity index (χ4v) is 8.12. The molecule has 6 N–H and O–H groups in total. The van der Waals surface area contributed by atoms with Crippen molar-refractivity contribution in [2.75, 3.05) is 13.2 Å². The Morgan fingerprint density at radius 3 is 1.63 bits per heavy atom. The molecule has 0 radical (unpaired) electrons. The quantitative estimate of drug-likeness (QED) is 0.0149. The van der Waals surface area contributed by atoms with E-state index in [2.05, 4.69) is 56.5 Å². The highest BCUT2D eigenvalue weighted by atomic mass is 16.7. The number of amides is 1. The van der Waals surface area contributed by atoms with Gasteiger partial charge in [-0.3, -0.25) is 9.59 Å². The molecule has 1 rings (SSSR count). The van der Waals surface area contributed by atoms with Crippen LogP contribution in [0.1, 0.15) is 207 Å².